The number of hydrogen-bond acceptors (Lipinski definition) is 5. The second-order valence-corrected chi connectivity index (χ2v) is 8.35. The van der Waals surface area contributed by atoms with E-state index in [9.17, 15) is 9.18 Å². The van der Waals surface area contributed by atoms with Crippen molar-refractivity contribution in [1.82, 2.24) is 4.90 Å². The van der Waals surface area contributed by atoms with Crippen LogP contribution in [-0.2, 0) is 9.47 Å². The van der Waals surface area contributed by atoms with Crippen molar-refractivity contribution in [3.8, 4) is 5.75 Å². The van der Waals surface area contributed by atoms with Gasteiger partial charge in [0.25, 0.3) is 0 Å². The number of hydrogen-bond donors (Lipinski definition) is 0. The number of halogens is 2. The molecule has 1 saturated heterocycles. The van der Waals surface area contributed by atoms with Crippen LogP contribution in [0.2, 0.25) is 5.02 Å². The molecule has 27 heavy (non-hydrogen) atoms. The highest BCUT2D eigenvalue weighted by Crippen LogP contribution is 2.42. The van der Waals surface area contributed by atoms with E-state index >= 15 is 0 Å². The molecule has 0 spiro atoms. The van der Waals surface area contributed by atoms with Gasteiger partial charge in [0.1, 0.15) is 17.5 Å². The molecule has 6 nitrogen and oxygen atoms in total. The topological polar surface area (TPSA) is 51.2 Å². The smallest absolute Gasteiger partial charge is 0.410 e. The van der Waals surface area contributed by atoms with E-state index in [0.29, 0.717) is 44.1 Å². The van der Waals surface area contributed by atoms with Crippen molar-refractivity contribution in [2.24, 2.45) is 0 Å². The molecule has 0 aromatic heterocycles. The minimum Gasteiger partial charge on any atom is -0.484 e. The Morgan fingerprint density at radius 1 is 1.37 bits per heavy atom. The zero-order chi connectivity index (χ0) is 19.8. The number of nitrogens with zero attached hydrogens (tertiary/aromatic N) is 2. The van der Waals surface area contributed by atoms with Gasteiger partial charge in [-0.3, -0.25) is 0 Å². The van der Waals surface area contributed by atoms with Crippen molar-refractivity contribution >= 4 is 23.4 Å². The van der Waals surface area contributed by atoms with Gasteiger partial charge in [-0.25, -0.2) is 9.18 Å². The fraction of sp³-hybridized carbons (Fsp3) is 0.632. The van der Waals surface area contributed by atoms with Gasteiger partial charge in [0, 0.05) is 39.2 Å². The number of ether oxygens (including phenoxy) is 3. The summed E-state index contributed by atoms with van der Waals surface area (Å²) in [6, 6.07) is 2.64. The van der Waals surface area contributed by atoms with E-state index in [0.717, 1.165) is 0 Å². The van der Waals surface area contributed by atoms with Crippen molar-refractivity contribution in [3.63, 3.8) is 0 Å². The zero-order valence-corrected chi connectivity index (χ0v) is 16.9. The predicted molar refractivity (Wildman–Crippen MR) is 101 cm³/mol. The normalized spacial score (nSPS) is 22.4. The van der Waals surface area contributed by atoms with Crippen molar-refractivity contribution in [2.75, 3.05) is 38.3 Å². The van der Waals surface area contributed by atoms with Gasteiger partial charge in [-0.1, -0.05) is 11.6 Å². The van der Waals surface area contributed by atoms with Crippen LogP contribution in [0.25, 0.3) is 0 Å². The Morgan fingerprint density at radius 3 is 2.78 bits per heavy atom. The van der Waals surface area contributed by atoms with Crippen LogP contribution < -0.4 is 9.64 Å². The van der Waals surface area contributed by atoms with Crippen LogP contribution in [0, 0.1) is 5.82 Å². The fourth-order valence-electron chi connectivity index (χ4n) is 3.55. The highest BCUT2D eigenvalue weighted by Gasteiger charge is 2.38. The molecule has 1 fully saturated rings. The summed E-state index contributed by atoms with van der Waals surface area (Å²) < 4.78 is 30.8. The van der Waals surface area contributed by atoms with Crippen molar-refractivity contribution in [3.05, 3.63) is 23.0 Å². The number of amides is 1. The molecule has 2 heterocycles. The maximum atomic E-state index is 14.0. The first kappa shape index (κ1) is 20.0. The molecule has 2 aliphatic heterocycles. The molecule has 2 unspecified atom stereocenters. The van der Waals surface area contributed by atoms with Crippen molar-refractivity contribution in [1.29, 1.82) is 0 Å². The summed E-state index contributed by atoms with van der Waals surface area (Å²) in [6.45, 7) is 7.40. The van der Waals surface area contributed by atoms with E-state index in [2.05, 4.69) is 4.90 Å². The lowest BCUT2D eigenvalue weighted by molar-refractivity contribution is 0.0190. The summed E-state index contributed by atoms with van der Waals surface area (Å²) in [5.41, 5.74) is 0.0650. The molecule has 150 valence electrons. The van der Waals surface area contributed by atoms with E-state index in [1.54, 1.807) is 12.0 Å². The standard InChI is InChI=1S/C19H26ClFN2O4/c1-19(2,3)27-18(24)22-5-6-23-13(10-22)9-14(11-25-4)26-17-15(20)7-12(21)8-16(17)23/h7-8,13-14H,5-6,9-11H2,1-4H3. The predicted octanol–water partition coefficient (Wildman–Crippen LogP) is 3.70. The lowest BCUT2D eigenvalue weighted by atomic mass is 10.0. The molecular weight excluding hydrogens is 375 g/mol. The van der Waals surface area contributed by atoms with Gasteiger partial charge in [-0.15, -0.1) is 0 Å². The lowest BCUT2D eigenvalue weighted by Crippen LogP contribution is -2.56. The van der Waals surface area contributed by atoms with E-state index in [1.807, 2.05) is 20.8 Å². The van der Waals surface area contributed by atoms with Crippen LogP contribution >= 0.6 is 11.6 Å². The second-order valence-electron chi connectivity index (χ2n) is 7.94. The Labute approximate surface area is 164 Å². The van der Waals surface area contributed by atoms with Gasteiger partial charge < -0.3 is 24.0 Å². The largest absolute Gasteiger partial charge is 0.484 e. The molecule has 1 aromatic carbocycles. The maximum Gasteiger partial charge on any atom is 0.410 e. The SMILES string of the molecule is COCC1CC2CN(C(=O)OC(C)(C)C)CCN2c2cc(F)cc(Cl)c2O1. The minimum atomic E-state index is -0.553. The van der Waals surface area contributed by atoms with Crippen LogP contribution in [0.4, 0.5) is 14.9 Å². The molecule has 8 heteroatoms. The Balaban J connectivity index is 1.87. The molecule has 0 bridgehead atoms. The summed E-state index contributed by atoms with van der Waals surface area (Å²) in [5, 5.41) is 0.237. The second kappa shape index (κ2) is 7.72. The minimum absolute atomic E-state index is 0.0504. The van der Waals surface area contributed by atoms with E-state index in [4.69, 9.17) is 25.8 Å². The van der Waals surface area contributed by atoms with Gasteiger partial charge in [0.05, 0.1) is 23.4 Å². The first-order valence-electron chi connectivity index (χ1n) is 9.07. The molecule has 2 aliphatic rings. The van der Waals surface area contributed by atoms with Gasteiger partial charge in [0.15, 0.2) is 5.75 Å². The van der Waals surface area contributed by atoms with Gasteiger partial charge in [-0.05, 0) is 26.8 Å². The molecule has 0 N–H and O–H groups in total. The van der Waals surface area contributed by atoms with Crippen LogP contribution in [-0.4, -0.2) is 62.1 Å². The number of methoxy groups -OCH3 is 1. The van der Waals surface area contributed by atoms with Crippen molar-refractivity contribution < 1.29 is 23.4 Å². The number of carbonyl (C=O) groups excluding carboxylic acids is 1. The van der Waals surface area contributed by atoms with Crippen LogP contribution in [0.3, 0.4) is 0 Å². The third kappa shape index (κ3) is 4.58. The van der Waals surface area contributed by atoms with Gasteiger partial charge in [-0.2, -0.15) is 0 Å². The zero-order valence-electron chi connectivity index (χ0n) is 16.1. The molecule has 0 saturated carbocycles. The number of rotatable bonds is 2. The van der Waals surface area contributed by atoms with Gasteiger partial charge in [0.2, 0.25) is 0 Å². The highest BCUT2D eigenvalue weighted by molar-refractivity contribution is 6.32. The van der Waals surface area contributed by atoms with E-state index < -0.39 is 11.4 Å². The first-order chi connectivity index (χ1) is 12.7. The number of piperazine rings is 1. The molecule has 1 amide bonds. The third-order valence-electron chi connectivity index (χ3n) is 4.60. The Kier molecular flexibility index (Phi) is 5.72. The van der Waals surface area contributed by atoms with Crippen LogP contribution in [0.15, 0.2) is 12.1 Å². The van der Waals surface area contributed by atoms with E-state index in [1.165, 1.54) is 12.1 Å². The number of benzene rings is 1. The number of carbonyl (C=O) groups is 1. The Hall–Kier alpha value is -1.73. The Morgan fingerprint density at radius 2 is 2.11 bits per heavy atom. The summed E-state index contributed by atoms with van der Waals surface area (Å²) in [5.74, 6) is 0.0502. The third-order valence-corrected chi connectivity index (χ3v) is 4.89. The van der Waals surface area contributed by atoms with Crippen LogP contribution in [0.5, 0.6) is 5.75 Å². The highest BCUT2D eigenvalue weighted by atomic mass is 35.5. The maximum absolute atomic E-state index is 14.0. The first-order valence-corrected chi connectivity index (χ1v) is 9.45. The van der Waals surface area contributed by atoms with Crippen molar-refractivity contribution in [2.45, 2.75) is 44.9 Å². The van der Waals surface area contributed by atoms with E-state index in [-0.39, 0.29) is 23.3 Å². The molecule has 3 rings (SSSR count). The number of anilines is 1. The molecule has 0 radical (unpaired) electrons. The molecular formula is C19H26ClFN2O4. The summed E-state index contributed by atoms with van der Waals surface area (Å²) in [7, 11) is 1.60. The molecule has 2 atom stereocenters. The monoisotopic (exact) mass is 400 g/mol. The summed E-state index contributed by atoms with van der Waals surface area (Å²) in [4.78, 5) is 16.3. The average Bonchev–Trinajstić information content (AvgIpc) is 2.70. The fourth-order valence-corrected chi connectivity index (χ4v) is 3.80. The van der Waals surface area contributed by atoms with Gasteiger partial charge >= 0.3 is 6.09 Å². The summed E-state index contributed by atoms with van der Waals surface area (Å²) >= 11 is 6.25. The summed E-state index contributed by atoms with van der Waals surface area (Å²) in [6.07, 6.45) is 0.0400. The average molecular weight is 401 g/mol. The Bertz CT molecular complexity index is 710. The van der Waals surface area contributed by atoms with Crippen LogP contribution in [0.1, 0.15) is 27.2 Å². The quantitative estimate of drug-likeness (QED) is 0.757. The lowest BCUT2D eigenvalue weighted by Gasteiger charge is -2.42. The number of fused-ring (bicyclic) bond motifs is 3. The molecule has 1 aromatic rings. The molecule has 0 aliphatic carbocycles.